The molecule has 1 rings (SSSR count). The zero-order valence-electron chi connectivity index (χ0n) is 11.1. The second-order valence-corrected chi connectivity index (χ2v) is 4.61. The third-order valence-corrected chi connectivity index (χ3v) is 3.19. The first-order chi connectivity index (χ1) is 8.60. The van der Waals surface area contributed by atoms with Crippen LogP contribution in [0.2, 0.25) is 0 Å². The van der Waals surface area contributed by atoms with E-state index in [0.29, 0.717) is 5.56 Å². The van der Waals surface area contributed by atoms with Gasteiger partial charge in [-0.3, -0.25) is 4.90 Å². The molecular weight excluding hydrogens is 234 g/mol. The summed E-state index contributed by atoms with van der Waals surface area (Å²) in [7, 11) is 1.90. The number of nitrogens with zero attached hydrogens (tertiary/aromatic N) is 1. The summed E-state index contributed by atoms with van der Waals surface area (Å²) in [6, 6.07) is 3.26. The first-order valence-electron chi connectivity index (χ1n) is 6.45. The lowest BCUT2D eigenvalue weighted by molar-refractivity contribution is 0.239. The Labute approximate surface area is 108 Å². The van der Waals surface area contributed by atoms with E-state index in [4.69, 9.17) is 5.73 Å². The first-order valence-corrected chi connectivity index (χ1v) is 6.45. The second kappa shape index (κ2) is 7.44. The summed E-state index contributed by atoms with van der Waals surface area (Å²) in [5, 5.41) is 0. The summed E-state index contributed by atoms with van der Waals surface area (Å²) < 4.78 is 26.9. The van der Waals surface area contributed by atoms with Crippen LogP contribution in [0.15, 0.2) is 18.2 Å². The summed E-state index contributed by atoms with van der Waals surface area (Å²) >= 11 is 0. The molecule has 1 aromatic rings. The molecule has 0 aliphatic carbocycles. The normalized spacial score (nSPS) is 13.0. The van der Waals surface area contributed by atoms with Crippen molar-refractivity contribution in [3.05, 3.63) is 35.4 Å². The Bertz CT molecular complexity index is 369. The Hall–Kier alpha value is -1.00. The molecule has 1 unspecified atom stereocenters. The van der Waals surface area contributed by atoms with E-state index in [1.807, 2.05) is 11.9 Å². The molecule has 0 saturated heterocycles. The van der Waals surface area contributed by atoms with Crippen LogP contribution in [0.4, 0.5) is 8.78 Å². The van der Waals surface area contributed by atoms with E-state index in [2.05, 4.69) is 6.92 Å². The van der Waals surface area contributed by atoms with Crippen molar-refractivity contribution in [2.45, 2.75) is 32.2 Å². The number of rotatable bonds is 7. The quantitative estimate of drug-likeness (QED) is 0.760. The maximum atomic E-state index is 13.7. The molecule has 0 saturated carbocycles. The number of nitrogens with two attached hydrogens (primary N) is 1. The molecular formula is C14H22F2N2. The number of hydrogen-bond donors (Lipinski definition) is 1. The maximum absolute atomic E-state index is 13.7. The van der Waals surface area contributed by atoms with Crippen LogP contribution in [0.3, 0.4) is 0 Å². The van der Waals surface area contributed by atoms with Gasteiger partial charge in [-0.15, -0.1) is 0 Å². The van der Waals surface area contributed by atoms with Crippen LogP contribution in [-0.2, 0) is 0 Å². The number of unbranched alkanes of at least 4 members (excludes halogenated alkanes) is 2. The highest BCUT2D eigenvalue weighted by molar-refractivity contribution is 5.22. The molecule has 0 heterocycles. The van der Waals surface area contributed by atoms with Crippen molar-refractivity contribution in [1.82, 2.24) is 4.90 Å². The molecule has 0 spiro atoms. The van der Waals surface area contributed by atoms with Gasteiger partial charge in [0.2, 0.25) is 0 Å². The minimum atomic E-state index is -0.424. The maximum Gasteiger partial charge on any atom is 0.128 e. The molecule has 2 N–H and O–H groups in total. The Morgan fingerprint density at radius 2 is 2.00 bits per heavy atom. The Morgan fingerprint density at radius 1 is 1.28 bits per heavy atom. The van der Waals surface area contributed by atoms with Crippen molar-refractivity contribution in [2.75, 3.05) is 20.1 Å². The molecule has 0 bridgehead atoms. The van der Waals surface area contributed by atoms with Crippen LogP contribution in [0, 0.1) is 11.6 Å². The lowest BCUT2D eigenvalue weighted by Crippen LogP contribution is -2.32. The summed E-state index contributed by atoms with van der Waals surface area (Å²) in [5.41, 5.74) is 6.04. The topological polar surface area (TPSA) is 29.3 Å². The summed E-state index contributed by atoms with van der Waals surface area (Å²) in [5.74, 6) is -0.819. The third kappa shape index (κ3) is 4.03. The van der Waals surface area contributed by atoms with Crippen molar-refractivity contribution in [2.24, 2.45) is 5.73 Å². The molecule has 0 aromatic heterocycles. The second-order valence-electron chi connectivity index (χ2n) is 4.61. The standard InChI is InChI=1S/C14H22F2N2/c1-3-4-5-8-18(2)14(10-17)12-9-11(15)6-7-13(12)16/h6-7,9,14H,3-5,8,10,17H2,1-2H3. The largest absolute Gasteiger partial charge is 0.329 e. The van der Waals surface area contributed by atoms with Gasteiger partial charge in [0.15, 0.2) is 0 Å². The number of halogens is 2. The summed E-state index contributed by atoms with van der Waals surface area (Å²) in [6.45, 7) is 3.25. The molecule has 0 aliphatic heterocycles. The van der Waals surface area contributed by atoms with Crippen molar-refractivity contribution in [1.29, 1.82) is 0 Å². The highest BCUT2D eigenvalue weighted by Crippen LogP contribution is 2.22. The molecule has 0 radical (unpaired) electrons. The van der Waals surface area contributed by atoms with Gasteiger partial charge < -0.3 is 5.73 Å². The molecule has 1 aromatic carbocycles. The zero-order valence-corrected chi connectivity index (χ0v) is 11.1. The molecule has 1 atom stereocenters. The van der Waals surface area contributed by atoms with Gasteiger partial charge in [0.05, 0.1) is 0 Å². The number of benzene rings is 1. The highest BCUT2D eigenvalue weighted by Gasteiger charge is 2.19. The smallest absolute Gasteiger partial charge is 0.128 e. The van der Waals surface area contributed by atoms with Gasteiger partial charge in [0.25, 0.3) is 0 Å². The number of hydrogen-bond acceptors (Lipinski definition) is 2. The van der Waals surface area contributed by atoms with E-state index in [1.54, 1.807) is 0 Å². The fraction of sp³-hybridized carbons (Fsp3) is 0.571. The van der Waals surface area contributed by atoms with Crippen molar-refractivity contribution >= 4 is 0 Å². The lowest BCUT2D eigenvalue weighted by Gasteiger charge is -2.27. The van der Waals surface area contributed by atoms with Crippen LogP contribution >= 0.6 is 0 Å². The Balaban J connectivity index is 2.78. The van der Waals surface area contributed by atoms with Crippen molar-refractivity contribution in [3.8, 4) is 0 Å². The van der Waals surface area contributed by atoms with Crippen LogP contribution in [0.1, 0.15) is 37.8 Å². The van der Waals surface area contributed by atoms with E-state index in [1.165, 1.54) is 6.07 Å². The van der Waals surface area contributed by atoms with Crippen molar-refractivity contribution < 1.29 is 8.78 Å². The average Bonchev–Trinajstić information content (AvgIpc) is 2.35. The van der Waals surface area contributed by atoms with E-state index in [-0.39, 0.29) is 12.6 Å². The van der Waals surface area contributed by atoms with E-state index < -0.39 is 11.6 Å². The van der Waals surface area contributed by atoms with E-state index in [9.17, 15) is 8.78 Å². The summed E-state index contributed by atoms with van der Waals surface area (Å²) in [4.78, 5) is 1.99. The first kappa shape index (κ1) is 15.1. The van der Waals surface area contributed by atoms with Gasteiger partial charge in [0, 0.05) is 18.2 Å². The minimum absolute atomic E-state index is 0.266. The van der Waals surface area contributed by atoms with Gasteiger partial charge in [-0.2, -0.15) is 0 Å². The van der Waals surface area contributed by atoms with Crippen LogP contribution in [0.5, 0.6) is 0 Å². The van der Waals surface area contributed by atoms with E-state index in [0.717, 1.165) is 37.9 Å². The predicted molar refractivity (Wildman–Crippen MR) is 70.3 cm³/mol. The average molecular weight is 256 g/mol. The lowest BCUT2D eigenvalue weighted by atomic mass is 10.0. The fourth-order valence-electron chi connectivity index (χ4n) is 2.08. The van der Waals surface area contributed by atoms with Gasteiger partial charge in [-0.05, 0) is 38.2 Å². The highest BCUT2D eigenvalue weighted by atomic mass is 19.1. The van der Waals surface area contributed by atoms with Crippen LogP contribution < -0.4 is 5.73 Å². The molecule has 2 nitrogen and oxygen atoms in total. The van der Waals surface area contributed by atoms with Crippen molar-refractivity contribution in [3.63, 3.8) is 0 Å². The van der Waals surface area contributed by atoms with Crippen LogP contribution in [-0.4, -0.2) is 25.0 Å². The van der Waals surface area contributed by atoms with Gasteiger partial charge in [-0.25, -0.2) is 8.78 Å². The minimum Gasteiger partial charge on any atom is -0.329 e. The fourth-order valence-corrected chi connectivity index (χ4v) is 2.08. The molecule has 4 heteroatoms. The molecule has 18 heavy (non-hydrogen) atoms. The molecule has 102 valence electrons. The SMILES string of the molecule is CCCCCN(C)C(CN)c1cc(F)ccc1F. The zero-order chi connectivity index (χ0) is 13.5. The summed E-state index contributed by atoms with van der Waals surface area (Å²) in [6.07, 6.45) is 3.31. The number of likely N-dealkylation sites (N-methyl/N-ethyl adjacent to an activating group) is 1. The van der Waals surface area contributed by atoms with Gasteiger partial charge >= 0.3 is 0 Å². The van der Waals surface area contributed by atoms with Gasteiger partial charge in [-0.1, -0.05) is 19.8 Å². The Morgan fingerprint density at radius 3 is 2.61 bits per heavy atom. The van der Waals surface area contributed by atoms with Crippen LogP contribution in [0.25, 0.3) is 0 Å². The third-order valence-electron chi connectivity index (χ3n) is 3.19. The predicted octanol–water partition coefficient (Wildman–Crippen LogP) is 3.09. The molecule has 0 aliphatic rings. The van der Waals surface area contributed by atoms with E-state index >= 15 is 0 Å². The Kier molecular flexibility index (Phi) is 6.22. The molecule has 0 fully saturated rings. The monoisotopic (exact) mass is 256 g/mol. The van der Waals surface area contributed by atoms with Gasteiger partial charge in [0.1, 0.15) is 11.6 Å². The molecule has 0 amide bonds.